The highest BCUT2D eigenvalue weighted by molar-refractivity contribution is 5.49. The summed E-state index contributed by atoms with van der Waals surface area (Å²) in [6.45, 7) is 0.564. The highest BCUT2D eigenvalue weighted by Crippen LogP contribution is 2.26. The highest BCUT2D eigenvalue weighted by Gasteiger charge is 2.26. The van der Waals surface area contributed by atoms with Crippen molar-refractivity contribution >= 4 is 5.69 Å². The van der Waals surface area contributed by atoms with Gasteiger partial charge in [-0.25, -0.2) is 0 Å². The molecule has 0 radical (unpaired) electrons. The number of hydrogen-bond donors (Lipinski definition) is 2. The number of anilines is 1. The topological polar surface area (TPSA) is 49.5 Å². The van der Waals surface area contributed by atoms with Crippen molar-refractivity contribution < 1.29 is 5.11 Å². The Kier molecular flexibility index (Phi) is 4.02. The number of rotatable bonds is 3. The molecule has 0 heterocycles. The van der Waals surface area contributed by atoms with Crippen LogP contribution in [0, 0.1) is 0 Å². The molecule has 0 spiro atoms. The van der Waals surface area contributed by atoms with Gasteiger partial charge in [0.25, 0.3) is 0 Å². The molecule has 1 fully saturated rings. The van der Waals surface area contributed by atoms with E-state index in [0.29, 0.717) is 6.54 Å². The molecule has 17 heavy (non-hydrogen) atoms. The highest BCUT2D eigenvalue weighted by atomic mass is 16.3. The zero-order valence-corrected chi connectivity index (χ0v) is 10.5. The molecule has 1 aliphatic rings. The molecule has 1 saturated carbocycles. The fourth-order valence-corrected chi connectivity index (χ4v) is 2.64. The van der Waals surface area contributed by atoms with E-state index in [-0.39, 0.29) is 12.1 Å². The molecule has 0 aromatic heterocycles. The molecule has 2 rings (SSSR count). The Bertz CT molecular complexity index is 367. The molecule has 3 N–H and O–H groups in total. The molecule has 0 aliphatic heterocycles. The Labute approximate surface area is 103 Å². The van der Waals surface area contributed by atoms with E-state index in [2.05, 4.69) is 24.1 Å². The zero-order chi connectivity index (χ0) is 12.3. The summed E-state index contributed by atoms with van der Waals surface area (Å²) in [4.78, 5) is 2.20. The summed E-state index contributed by atoms with van der Waals surface area (Å²) in [5.74, 6) is 0. The molecular formula is C14H22N2O. The molecule has 0 amide bonds. The molecule has 1 aromatic rings. The van der Waals surface area contributed by atoms with Crippen LogP contribution >= 0.6 is 0 Å². The number of nitrogens with zero attached hydrogens (tertiary/aromatic N) is 1. The van der Waals surface area contributed by atoms with Gasteiger partial charge in [-0.1, -0.05) is 25.0 Å². The van der Waals surface area contributed by atoms with Gasteiger partial charge in [0.2, 0.25) is 0 Å². The molecule has 3 heteroatoms. The number of likely N-dealkylation sites (N-methyl/N-ethyl adjacent to an activating group) is 1. The lowest BCUT2D eigenvalue weighted by atomic mass is 9.91. The van der Waals surface area contributed by atoms with Crippen LogP contribution in [-0.4, -0.2) is 24.3 Å². The van der Waals surface area contributed by atoms with Gasteiger partial charge in [-0.3, -0.25) is 0 Å². The molecule has 2 unspecified atom stereocenters. The maximum atomic E-state index is 10.1. The van der Waals surface area contributed by atoms with Gasteiger partial charge in [0.05, 0.1) is 12.1 Å². The lowest BCUT2D eigenvalue weighted by molar-refractivity contribution is 0.106. The first-order valence-corrected chi connectivity index (χ1v) is 6.42. The largest absolute Gasteiger partial charge is 0.391 e. The van der Waals surface area contributed by atoms with Crippen LogP contribution in [0.1, 0.15) is 31.2 Å². The lowest BCUT2D eigenvalue weighted by Crippen LogP contribution is -2.43. The van der Waals surface area contributed by atoms with Crippen molar-refractivity contribution in [2.75, 3.05) is 11.9 Å². The monoisotopic (exact) mass is 234 g/mol. The number of aliphatic hydroxyl groups is 1. The third-order valence-corrected chi connectivity index (χ3v) is 3.74. The first kappa shape index (κ1) is 12.4. The minimum atomic E-state index is -0.199. The maximum Gasteiger partial charge on any atom is 0.0743 e. The number of hydrogen-bond acceptors (Lipinski definition) is 3. The number of nitrogens with two attached hydrogens (primary N) is 1. The Morgan fingerprint density at radius 1 is 1.35 bits per heavy atom. The third-order valence-electron chi connectivity index (χ3n) is 3.74. The first-order chi connectivity index (χ1) is 8.22. The summed E-state index contributed by atoms with van der Waals surface area (Å²) >= 11 is 0. The zero-order valence-electron chi connectivity index (χ0n) is 10.5. The van der Waals surface area contributed by atoms with Crippen LogP contribution in [0.25, 0.3) is 0 Å². The average Bonchev–Trinajstić information content (AvgIpc) is 2.38. The van der Waals surface area contributed by atoms with Crippen LogP contribution in [0.3, 0.4) is 0 Å². The fraction of sp³-hybridized carbons (Fsp3) is 0.571. The van der Waals surface area contributed by atoms with Gasteiger partial charge in [-0.2, -0.15) is 0 Å². The third kappa shape index (κ3) is 2.79. The van der Waals surface area contributed by atoms with Gasteiger partial charge in [-0.15, -0.1) is 0 Å². The second kappa shape index (κ2) is 5.52. The van der Waals surface area contributed by atoms with Gasteiger partial charge < -0.3 is 15.7 Å². The lowest BCUT2D eigenvalue weighted by Gasteiger charge is -2.36. The van der Waals surface area contributed by atoms with Crippen LogP contribution < -0.4 is 10.6 Å². The summed E-state index contributed by atoms with van der Waals surface area (Å²) in [7, 11) is 2.06. The van der Waals surface area contributed by atoms with Gasteiger partial charge in [0, 0.05) is 19.3 Å². The second-order valence-corrected chi connectivity index (χ2v) is 4.90. The molecule has 94 valence electrons. The van der Waals surface area contributed by atoms with Crippen LogP contribution in [0.5, 0.6) is 0 Å². The van der Waals surface area contributed by atoms with Crippen molar-refractivity contribution in [3.63, 3.8) is 0 Å². The quantitative estimate of drug-likeness (QED) is 0.839. The van der Waals surface area contributed by atoms with E-state index in [1.165, 1.54) is 6.42 Å². The normalized spacial score (nSPS) is 24.6. The van der Waals surface area contributed by atoms with Gasteiger partial charge in [0.1, 0.15) is 0 Å². The molecule has 0 saturated heterocycles. The second-order valence-electron chi connectivity index (χ2n) is 4.90. The smallest absolute Gasteiger partial charge is 0.0743 e. The number of benzene rings is 1. The van der Waals surface area contributed by atoms with Gasteiger partial charge >= 0.3 is 0 Å². The molecule has 2 atom stereocenters. The van der Waals surface area contributed by atoms with Crippen molar-refractivity contribution in [1.29, 1.82) is 0 Å². The van der Waals surface area contributed by atoms with Crippen LogP contribution in [0.4, 0.5) is 5.69 Å². The Morgan fingerprint density at radius 3 is 2.82 bits per heavy atom. The van der Waals surface area contributed by atoms with Crippen molar-refractivity contribution in [2.24, 2.45) is 5.73 Å². The Morgan fingerprint density at radius 2 is 2.12 bits per heavy atom. The Hall–Kier alpha value is -1.06. The minimum absolute atomic E-state index is 0.199. The number of aliphatic hydroxyl groups excluding tert-OH is 1. The Balaban J connectivity index is 2.14. The molecular weight excluding hydrogens is 212 g/mol. The summed E-state index contributed by atoms with van der Waals surface area (Å²) in [6, 6.07) is 8.51. The van der Waals surface area contributed by atoms with Gasteiger partial charge in [0.15, 0.2) is 0 Å². The van der Waals surface area contributed by atoms with Crippen molar-refractivity contribution in [2.45, 2.75) is 44.4 Å². The molecule has 0 bridgehead atoms. The van der Waals surface area contributed by atoms with Crippen LogP contribution in [0.15, 0.2) is 24.3 Å². The fourth-order valence-electron chi connectivity index (χ4n) is 2.64. The van der Waals surface area contributed by atoms with Crippen molar-refractivity contribution in [1.82, 2.24) is 0 Å². The summed E-state index contributed by atoms with van der Waals surface area (Å²) < 4.78 is 0. The predicted molar refractivity (Wildman–Crippen MR) is 71.0 cm³/mol. The standard InChI is InChI=1S/C14H22N2O/c1-16(13-7-2-3-8-14(13)17)12-6-4-5-11(9-12)10-15/h4-6,9,13-14,17H,2-3,7-8,10,15H2,1H3. The van der Waals surface area contributed by atoms with Crippen molar-refractivity contribution in [3.8, 4) is 0 Å². The van der Waals surface area contributed by atoms with Crippen LogP contribution in [-0.2, 0) is 6.54 Å². The minimum Gasteiger partial charge on any atom is -0.391 e. The van der Waals surface area contributed by atoms with E-state index < -0.39 is 0 Å². The summed E-state index contributed by atoms with van der Waals surface area (Å²) in [5.41, 5.74) is 7.95. The molecule has 3 nitrogen and oxygen atoms in total. The van der Waals surface area contributed by atoms with Crippen molar-refractivity contribution in [3.05, 3.63) is 29.8 Å². The molecule has 1 aromatic carbocycles. The summed E-state index contributed by atoms with van der Waals surface area (Å²) in [5, 5.41) is 10.1. The van der Waals surface area contributed by atoms with E-state index in [1.807, 2.05) is 12.1 Å². The average molecular weight is 234 g/mol. The SMILES string of the molecule is CN(c1cccc(CN)c1)C1CCCCC1O. The summed E-state index contributed by atoms with van der Waals surface area (Å²) in [6.07, 6.45) is 4.16. The van der Waals surface area contributed by atoms with Gasteiger partial charge in [-0.05, 0) is 30.5 Å². The predicted octanol–water partition coefficient (Wildman–Crippen LogP) is 1.89. The van der Waals surface area contributed by atoms with E-state index in [9.17, 15) is 5.11 Å². The molecule has 1 aliphatic carbocycles. The van der Waals surface area contributed by atoms with E-state index >= 15 is 0 Å². The first-order valence-electron chi connectivity index (χ1n) is 6.42. The maximum absolute atomic E-state index is 10.1. The van der Waals surface area contributed by atoms with E-state index in [4.69, 9.17) is 5.73 Å². The van der Waals surface area contributed by atoms with E-state index in [1.54, 1.807) is 0 Å². The van der Waals surface area contributed by atoms with E-state index in [0.717, 1.165) is 30.5 Å². The van der Waals surface area contributed by atoms with Crippen LogP contribution in [0.2, 0.25) is 0 Å².